The van der Waals surface area contributed by atoms with E-state index in [0.29, 0.717) is 25.9 Å². The average Bonchev–Trinajstić information content (AvgIpc) is 3.31. The van der Waals surface area contributed by atoms with E-state index in [1.54, 1.807) is 0 Å². The Bertz CT molecular complexity index is 2560. The number of hydrogen-bond donors (Lipinski definition) is 4. The standard InChI is InChI=1S/C13H20F2O7S.C11H16F4O6S.C9H12F4O5S.C8H11F3O5S/c1-2-11(16)21-9-7-5-3-4-6-8-10-22-12(17)13(14,15)23(18,19)20;1-8(2)9(16)21-7-6-20-5-3-4-10(12,13)11(14,15)22(17,18)19;1-6(2)7(14)18-5-3-4-8(10,11)9(12,13)19(15,16)17;1-5(2)7(12)16-4-3-6(9)8(10,11)17(13,14)15/h2H,1,3-10H2,(H,18,19,20);1,3-7H2,2H3,(H,17,18,19);1,3-5H2,2H3,(H,15,16,17);6H,1,3-4H2,2H3,(H,13,14,15). The fraction of sp³-hybridized carbons (Fsp3) is 0.683. The van der Waals surface area contributed by atoms with E-state index in [0.717, 1.165) is 25.3 Å². The average molecular weight is 1300 g/mol. The van der Waals surface area contributed by atoms with Crippen LogP contribution in [0.3, 0.4) is 0 Å². The van der Waals surface area contributed by atoms with Gasteiger partial charge in [0.2, 0.25) is 0 Å². The Morgan fingerprint density at radius 2 is 0.790 bits per heavy atom. The molecule has 0 radical (unpaired) electrons. The minimum absolute atomic E-state index is 0.00461. The molecule has 0 aromatic carbocycles. The lowest BCUT2D eigenvalue weighted by Gasteiger charge is -2.23. The van der Waals surface area contributed by atoms with Crippen LogP contribution in [0.5, 0.6) is 0 Å². The number of hydrogen-bond acceptors (Lipinski definition) is 19. The predicted octanol–water partition coefficient (Wildman–Crippen LogP) is 7.41. The van der Waals surface area contributed by atoms with Crippen molar-refractivity contribution in [3.63, 3.8) is 0 Å². The molecule has 0 aromatic heterocycles. The van der Waals surface area contributed by atoms with Crippen molar-refractivity contribution in [1.29, 1.82) is 0 Å². The number of halogens is 13. The van der Waals surface area contributed by atoms with Crippen molar-refractivity contribution in [2.24, 2.45) is 0 Å². The molecular weight excluding hydrogens is 1240 g/mol. The first-order chi connectivity index (χ1) is 36.3. The molecule has 0 fully saturated rings. The van der Waals surface area contributed by atoms with Crippen molar-refractivity contribution in [2.75, 3.05) is 46.2 Å². The van der Waals surface area contributed by atoms with Crippen LogP contribution in [0.2, 0.25) is 0 Å². The zero-order chi connectivity index (χ0) is 64.9. The quantitative estimate of drug-likeness (QED) is 0.0120. The van der Waals surface area contributed by atoms with Gasteiger partial charge in [-0.15, -0.1) is 0 Å². The summed E-state index contributed by atoms with van der Waals surface area (Å²) in [6.07, 6.45) is -3.59. The summed E-state index contributed by atoms with van der Waals surface area (Å²) in [5, 5.41) is -21.0. The van der Waals surface area contributed by atoms with E-state index in [1.165, 1.54) is 20.8 Å². The molecule has 0 heterocycles. The van der Waals surface area contributed by atoms with Gasteiger partial charge in [0.15, 0.2) is 6.17 Å². The van der Waals surface area contributed by atoms with Gasteiger partial charge in [-0.25, -0.2) is 28.4 Å². The lowest BCUT2D eigenvalue weighted by Crippen LogP contribution is -2.46. The van der Waals surface area contributed by atoms with Crippen LogP contribution < -0.4 is 0 Å². The molecule has 0 aliphatic carbocycles. The Labute approximate surface area is 456 Å². The van der Waals surface area contributed by atoms with Crippen LogP contribution in [0.15, 0.2) is 49.1 Å². The Hall–Kier alpha value is -5.00. The summed E-state index contributed by atoms with van der Waals surface area (Å²) in [5.74, 6) is -15.1. The largest absolute Gasteiger partial charge is 0.465 e. The fourth-order valence-corrected chi connectivity index (χ4v) is 5.94. The summed E-state index contributed by atoms with van der Waals surface area (Å²) in [6.45, 7) is 14.8. The lowest BCUT2D eigenvalue weighted by molar-refractivity contribution is -0.167. The predicted molar refractivity (Wildman–Crippen MR) is 252 cm³/mol. The molecule has 0 rings (SSSR count). The normalized spacial score (nSPS) is 12.9. The number of esters is 5. The van der Waals surface area contributed by atoms with Gasteiger partial charge in [-0.1, -0.05) is 52.0 Å². The van der Waals surface area contributed by atoms with Crippen molar-refractivity contribution in [2.45, 2.75) is 130 Å². The summed E-state index contributed by atoms with van der Waals surface area (Å²) in [6, 6.07) is 0. The van der Waals surface area contributed by atoms with Crippen LogP contribution in [0, 0.1) is 0 Å². The molecule has 40 heteroatoms. The number of ether oxygens (including phenoxy) is 6. The fourth-order valence-electron chi connectivity index (χ4n) is 4.27. The molecule has 4 N–H and O–H groups in total. The summed E-state index contributed by atoms with van der Waals surface area (Å²) in [5.41, 5.74) is 0.143. The van der Waals surface area contributed by atoms with E-state index in [2.05, 4.69) is 45.3 Å². The first kappa shape index (κ1) is 82.5. The van der Waals surface area contributed by atoms with Crippen LogP contribution >= 0.6 is 0 Å². The number of rotatable bonds is 35. The van der Waals surface area contributed by atoms with Gasteiger partial charge in [-0.3, -0.25) is 18.2 Å². The van der Waals surface area contributed by atoms with Gasteiger partial charge in [-0.2, -0.15) is 86.4 Å². The molecule has 0 aliphatic rings. The van der Waals surface area contributed by atoms with Crippen molar-refractivity contribution in [3.05, 3.63) is 49.1 Å². The minimum Gasteiger partial charge on any atom is -0.463 e. The van der Waals surface area contributed by atoms with Crippen LogP contribution in [0.4, 0.5) is 57.1 Å². The number of carbonyl (C=O) groups excluding carboxylic acids is 5. The first-order valence-corrected chi connectivity index (χ1v) is 27.8. The van der Waals surface area contributed by atoms with Gasteiger partial charge in [0.05, 0.1) is 33.0 Å². The third-order valence-electron chi connectivity index (χ3n) is 8.71. The van der Waals surface area contributed by atoms with Crippen LogP contribution in [0.25, 0.3) is 0 Å². The highest BCUT2D eigenvalue weighted by Crippen LogP contribution is 2.42. The molecule has 1 unspecified atom stereocenters. The summed E-state index contributed by atoms with van der Waals surface area (Å²) in [7, 11) is -24.1. The molecule has 0 saturated heterocycles. The second kappa shape index (κ2) is 35.9. The third-order valence-corrected chi connectivity index (χ3v) is 12.4. The molecule has 476 valence electrons. The summed E-state index contributed by atoms with van der Waals surface area (Å²) < 4.78 is 308. The smallest absolute Gasteiger partial charge is 0.463 e. The number of unbranched alkanes of at least 4 members (excludes halogenated alkanes) is 5. The van der Waals surface area contributed by atoms with Crippen molar-refractivity contribution < 1.29 is 161 Å². The van der Waals surface area contributed by atoms with E-state index in [9.17, 15) is 115 Å². The summed E-state index contributed by atoms with van der Waals surface area (Å²) >= 11 is 0. The first-order valence-electron chi connectivity index (χ1n) is 22.1. The molecule has 0 aromatic rings. The molecule has 0 bridgehead atoms. The molecular formula is C41H59F13O23S4. The third kappa shape index (κ3) is 31.3. The molecule has 23 nitrogen and oxygen atoms in total. The lowest BCUT2D eigenvalue weighted by atomic mass is 10.1. The molecule has 1 atom stereocenters. The maximum absolute atomic E-state index is 13.0. The monoisotopic (exact) mass is 1290 g/mol. The second-order valence-electron chi connectivity index (χ2n) is 15.9. The van der Waals surface area contributed by atoms with Crippen LogP contribution in [0.1, 0.15) is 91.4 Å². The Morgan fingerprint density at radius 1 is 0.457 bits per heavy atom. The highest BCUT2D eigenvalue weighted by molar-refractivity contribution is 7.88. The van der Waals surface area contributed by atoms with E-state index in [-0.39, 0.29) is 43.1 Å². The Kier molecular flexibility index (Phi) is 36.5. The molecule has 0 spiro atoms. The molecule has 81 heavy (non-hydrogen) atoms. The second-order valence-corrected chi connectivity index (χ2v) is 21.8. The van der Waals surface area contributed by atoms with Gasteiger partial charge in [0, 0.05) is 48.7 Å². The zero-order valence-corrected chi connectivity index (χ0v) is 46.1. The topological polar surface area (TPSA) is 358 Å². The Balaban J connectivity index is -0.000000491. The van der Waals surface area contributed by atoms with Crippen molar-refractivity contribution in [3.8, 4) is 0 Å². The number of alkyl halides is 13. The zero-order valence-electron chi connectivity index (χ0n) is 42.8. The highest BCUT2D eigenvalue weighted by atomic mass is 32.2. The maximum Gasteiger partial charge on any atom is 0.465 e. The van der Waals surface area contributed by atoms with E-state index >= 15 is 0 Å². The number of carbonyl (C=O) groups is 5. The van der Waals surface area contributed by atoms with Gasteiger partial charge < -0.3 is 28.4 Å². The van der Waals surface area contributed by atoms with Crippen molar-refractivity contribution in [1.82, 2.24) is 0 Å². The highest BCUT2D eigenvalue weighted by Gasteiger charge is 2.66. The minimum atomic E-state index is -6.23. The Morgan fingerprint density at radius 3 is 1.14 bits per heavy atom. The maximum atomic E-state index is 13.0. The molecule has 0 amide bonds. The van der Waals surface area contributed by atoms with Gasteiger partial charge in [-0.05, 0) is 46.5 Å². The van der Waals surface area contributed by atoms with E-state index in [4.69, 9.17) is 27.7 Å². The van der Waals surface area contributed by atoms with Crippen LogP contribution in [-0.2, 0) is 92.9 Å². The summed E-state index contributed by atoms with van der Waals surface area (Å²) in [4.78, 5) is 54.1. The van der Waals surface area contributed by atoms with Gasteiger partial charge in [0.1, 0.15) is 6.61 Å². The van der Waals surface area contributed by atoms with Gasteiger partial charge in [0.25, 0.3) is 0 Å². The van der Waals surface area contributed by atoms with Crippen molar-refractivity contribution >= 4 is 70.3 Å². The molecule has 0 saturated carbocycles. The van der Waals surface area contributed by atoms with E-state index in [1.807, 2.05) is 0 Å². The van der Waals surface area contributed by atoms with Gasteiger partial charge >= 0.3 is 103 Å². The molecule has 0 aliphatic heterocycles. The SMILES string of the molecule is C=C(C)C(=O)OCCC(F)C(F)(F)S(=O)(=O)O.C=C(C)C(=O)OCCCC(F)(F)C(F)(F)S(=O)(=O)O.C=C(C)C(=O)OCCOCCCC(F)(F)C(F)(F)S(=O)(=O)O.C=CC(=O)OCCCCCCCCOC(=O)C(F)(F)S(=O)(=O)O. The van der Waals surface area contributed by atoms with E-state index < -0.39 is 155 Å². The van der Waals surface area contributed by atoms with Crippen LogP contribution in [-0.4, -0.2) is 167 Å².